The van der Waals surface area contributed by atoms with Crippen molar-refractivity contribution in [3.63, 3.8) is 0 Å². The molecule has 1 saturated heterocycles. The van der Waals surface area contributed by atoms with Crippen molar-refractivity contribution in [1.82, 2.24) is 14.8 Å². The molecule has 1 aliphatic rings. The number of pyridine rings is 1. The molecule has 1 aromatic carbocycles. The molecule has 1 N–H and O–H groups in total. The van der Waals surface area contributed by atoms with Crippen LogP contribution in [0, 0.1) is 6.92 Å². The van der Waals surface area contributed by atoms with E-state index in [9.17, 15) is 9.59 Å². The summed E-state index contributed by atoms with van der Waals surface area (Å²) in [6, 6.07) is 11.5. The van der Waals surface area contributed by atoms with Gasteiger partial charge in [-0.05, 0) is 48.6 Å². The molecule has 27 heavy (non-hydrogen) atoms. The van der Waals surface area contributed by atoms with Gasteiger partial charge in [0.2, 0.25) is 0 Å². The first-order chi connectivity index (χ1) is 13.1. The Kier molecular flexibility index (Phi) is 4.81. The van der Waals surface area contributed by atoms with Gasteiger partial charge in [-0.25, -0.2) is 0 Å². The second kappa shape index (κ2) is 7.40. The van der Waals surface area contributed by atoms with Gasteiger partial charge in [-0.15, -0.1) is 0 Å². The number of aromatic amines is 1. The number of rotatable bonds is 3. The van der Waals surface area contributed by atoms with Crippen molar-refractivity contribution in [2.75, 3.05) is 26.2 Å². The summed E-state index contributed by atoms with van der Waals surface area (Å²) in [6.45, 7) is 5.51. The van der Waals surface area contributed by atoms with Gasteiger partial charge in [0, 0.05) is 43.8 Å². The molecule has 1 fully saturated rings. The lowest BCUT2D eigenvalue weighted by atomic mass is 10.1. The van der Waals surface area contributed by atoms with E-state index in [0.717, 1.165) is 41.5 Å². The molecule has 6 nitrogen and oxygen atoms in total. The third kappa shape index (κ3) is 3.80. The van der Waals surface area contributed by atoms with Crippen molar-refractivity contribution in [2.45, 2.75) is 19.9 Å². The van der Waals surface area contributed by atoms with Gasteiger partial charge in [0.15, 0.2) is 5.76 Å². The smallest absolute Gasteiger partial charge is 0.289 e. The highest BCUT2D eigenvalue weighted by molar-refractivity contribution is 5.91. The van der Waals surface area contributed by atoms with E-state index in [-0.39, 0.29) is 11.5 Å². The van der Waals surface area contributed by atoms with Gasteiger partial charge in [-0.1, -0.05) is 12.1 Å². The van der Waals surface area contributed by atoms with Gasteiger partial charge in [-0.3, -0.25) is 14.5 Å². The van der Waals surface area contributed by atoms with E-state index in [1.807, 2.05) is 30.0 Å². The number of H-pyrrole nitrogens is 1. The van der Waals surface area contributed by atoms with Gasteiger partial charge in [-0.2, -0.15) is 0 Å². The van der Waals surface area contributed by atoms with Gasteiger partial charge < -0.3 is 14.3 Å². The van der Waals surface area contributed by atoms with Crippen LogP contribution in [0.3, 0.4) is 0 Å². The average Bonchev–Trinajstić information content (AvgIpc) is 3.09. The molecule has 6 heteroatoms. The number of aryl methyl sites for hydroxylation is 1. The zero-order valence-electron chi connectivity index (χ0n) is 15.4. The molecular weight excluding hydrogens is 342 g/mol. The summed E-state index contributed by atoms with van der Waals surface area (Å²) >= 11 is 0. The van der Waals surface area contributed by atoms with Crippen molar-refractivity contribution in [1.29, 1.82) is 0 Å². The lowest BCUT2D eigenvalue weighted by Crippen LogP contribution is -2.35. The first-order valence-corrected chi connectivity index (χ1v) is 9.28. The van der Waals surface area contributed by atoms with Crippen LogP contribution in [0.25, 0.3) is 10.9 Å². The van der Waals surface area contributed by atoms with Crippen molar-refractivity contribution in [3.05, 3.63) is 69.9 Å². The number of benzene rings is 1. The SMILES string of the molecule is Cc1ccc2cc(CN3CCCN(C(=O)c4ccco4)CC3)c(=O)[nH]c2c1. The highest BCUT2D eigenvalue weighted by Crippen LogP contribution is 2.15. The van der Waals surface area contributed by atoms with Crippen LogP contribution in [0.1, 0.15) is 28.1 Å². The average molecular weight is 365 g/mol. The van der Waals surface area contributed by atoms with Crippen LogP contribution in [-0.2, 0) is 6.54 Å². The van der Waals surface area contributed by atoms with Gasteiger partial charge in [0.1, 0.15) is 0 Å². The minimum Gasteiger partial charge on any atom is -0.459 e. The Morgan fingerprint density at radius 2 is 2.04 bits per heavy atom. The summed E-state index contributed by atoms with van der Waals surface area (Å²) in [6.07, 6.45) is 2.39. The van der Waals surface area contributed by atoms with Crippen LogP contribution < -0.4 is 5.56 Å². The summed E-state index contributed by atoms with van der Waals surface area (Å²) < 4.78 is 5.23. The van der Waals surface area contributed by atoms with Crippen LogP contribution in [-0.4, -0.2) is 46.9 Å². The van der Waals surface area contributed by atoms with E-state index in [2.05, 4.69) is 16.0 Å². The topological polar surface area (TPSA) is 69.5 Å². The fourth-order valence-electron chi connectivity index (χ4n) is 3.61. The highest BCUT2D eigenvalue weighted by Gasteiger charge is 2.22. The summed E-state index contributed by atoms with van der Waals surface area (Å²) in [7, 11) is 0. The second-order valence-electron chi connectivity index (χ2n) is 7.11. The lowest BCUT2D eigenvalue weighted by molar-refractivity contribution is 0.0729. The van der Waals surface area contributed by atoms with E-state index in [1.54, 1.807) is 12.1 Å². The molecule has 0 saturated carbocycles. The standard InChI is InChI=1S/C21H23N3O3/c1-15-5-6-16-13-17(20(25)22-18(16)12-15)14-23-7-3-8-24(10-9-23)21(26)19-4-2-11-27-19/h2,4-6,11-13H,3,7-10,14H2,1H3,(H,22,25). The molecule has 1 aliphatic heterocycles. The summed E-state index contributed by atoms with van der Waals surface area (Å²) in [5.74, 6) is 0.311. The van der Waals surface area contributed by atoms with Crippen molar-refractivity contribution < 1.29 is 9.21 Å². The quantitative estimate of drug-likeness (QED) is 0.775. The molecule has 3 heterocycles. The van der Waals surface area contributed by atoms with Crippen molar-refractivity contribution in [2.24, 2.45) is 0 Å². The minimum absolute atomic E-state index is 0.0409. The molecule has 0 atom stereocenters. The van der Waals surface area contributed by atoms with Crippen LogP contribution in [0.15, 0.2) is 51.9 Å². The summed E-state index contributed by atoms with van der Waals surface area (Å²) in [5.41, 5.74) is 2.72. The Balaban J connectivity index is 1.46. The van der Waals surface area contributed by atoms with E-state index < -0.39 is 0 Å². The Labute approximate surface area is 157 Å². The molecule has 0 spiro atoms. The maximum Gasteiger partial charge on any atom is 0.289 e. The second-order valence-corrected chi connectivity index (χ2v) is 7.11. The molecular formula is C21H23N3O3. The monoisotopic (exact) mass is 365 g/mol. The summed E-state index contributed by atoms with van der Waals surface area (Å²) in [4.78, 5) is 32.0. The number of aromatic nitrogens is 1. The number of carbonyl (C=O) groups is 1. The minimum atomic E-state index is -0.0687. The molecule has 0 bridgehead atoms. The molecule has 2 aromatic heterocycles. The van der Waals surface area contributed by atoms with E-state index >= 15 is 0 Å². The number of hydrogen-bond donors (Lipinski definition) is 1. The first-order valence-electron chi connectivity index (χ1n) is 9.28. The first kappa shape index (κ1) is 17.5. The zero-order valence-corrected chi connectivity index (χ0v) is 15.4. The number of fused-ring (bicyclic) bond motifs is 1. The van der Waals surface area contributed by atoms with Crippen LogP contribution in [0.4, 0.5) is 0 Å². The predicted molar refractivity (Wildman–Crippen MR) is 104 cm³/mol. The Morgan fingerprint density at radius 1 is 1.15 bits per heavy atom. The molecule has 140 valence electrons. The highest BCUT2D eigenvalue weighted by atomic mass is 16.3. The zero-order chi connectivity index (χ0) is 18.8. The third-order valence-electron chi connectivity index (χ3n) is 5.08. The van der Waals surface area contributed by atoms with Crippen molar-refractivity contribution in [3.8, 4) is 0 Å². The van der Waals surface area contributed by atoms with Crippen LogP contribution >= 0.6 is 0 Å². The maximum atomic E-state index is 12.5. The van der Waals surface area contributed by atoms with Gasteiger partial charge in [0.05, 0.1) is 6.26 Å². The number of hydrogen-bond acceptors (Lipinski definition) is 4. The number of furan rings is 1. The van der Waals surface area contributed by atoms with Gasteiger partial charge in [0.25, 0.3) is 11.5 Å². The Hall–Kier alpha value is -2.86. The molecule has 0 unspecified atom stereocenters. The number of carbonyl (C=O) groups excluding carboxylic acids is 1. The molecule has 0 radical (unpaired) electrons. The normalized spacial score (nSPS) is 15.8. The van der Waals surface area contributed by atoms with E-state index in [1.165, 1.54) is 6.26 Å². The fraction of sp³-hybridized carbons (Fsp3) is 0.333. The number of nitrogens with zero attached hydrogens (tertiary/aromatic N) is 2. The largest absolute Gasteiger partial charge is 0.459 e. The fourth-order valence-corrected chi connectivity index (χ4v) is 3.61. The van der Waals surface area contributed by atoms with E-state index in [4.69, 9.17) is 4.42 Å². The number of amides is 1. The van der Waals surface area contributed by atoms with Crippen LogP contribution in [0.5, 0.6) is 0 Å². The molecule has 4 rings (SSSR count). The summed E-state index contributed by atoms with van der Waals surface area (Å²) in [5, 5.41) is 1.04. The van der Waals surface area contributed by atoms with Crippen LogP contribution in [0.2, 0.25) is 0 Å². The lowest BCUT2D eigenvalue weighted by Gasteiger charge is -2.21. The molecule has 1 amide bonds. The number of nitrogens with one attached hydrogen (secondary N) is 1. The molecule has 0 aliphatic carbocycles. The third-order valence-corrected chi connectivity index (χ3v) is 5.08. The Morgan fingerprint density at radius 3 is 2.85 bits per heavy atom. The maximum absolute atomic E-state index is 12.5. The van der Waals surface area contributed by atoms with E-state index in [0.29, 0.717) is 25.4 Å². The Bertz CT molecular complexity index is 1010. The molecule has 3 aromatic rings. The van der Waals surface area contributed by atoms with Crippen molar-refractivity contribution >= 4 is 16.8 Å². The predicted octanol–water partition coefficient (Wildman–Crippen LogP) is 2.78. The van der Waals surface area contributed by atoms with Gasteiger partial charge >= 0.3 is 0 Å².